The number of furan rings is 1. The fourth-order valence-electron chi connectivity index (χ4n) is 1.87. The second-order valence-electron chi connectivity index (χ2n) is 4.11. The van der Waals surface area contributed by atoms with Crippen molar-refractivity contribution in [1.82, 2.24) is 5.32 Å². The summed E-state index contributed by atoms with van der Waals surface area (Å²) in [4.78, 5) is 0. The van der Waals surface area contributed by atoms with Gasteiger partial charge in [-0.1, -0.05) is 28.9 Å². The Morgan fingerprint density at radius 1 is 1.39 bits per heavy atom. The molecule has 18 heavy (non-hydrogen) atoms. The molecule has 0 saturated heterocycles. The molecular weight excluding hydrogens is 297 g/mol. The van der Waals surface area contributed by atoms with Crippen LogP contribution in [0.2, 0.25) is 0 Å². The Labute approximate surface area is 114 Å². The van der Waals surface area contributed by atoms with E-state index in [2.05, 4.69) is 28.2 Å². The largest absolute Gasteiger partial charge is 0.472 e. The second-order valence-corrected chi connectivity index (χ2v) is 5.03. The summed E-state index contributed by atoms with van der Waals surface area (Å²) in [5.74, 6) is -0.223. The van der Waals surface area contributed by atoms with E-state index in [9.17, 15) is 4.39 Å². The first-order valence-electron chi connectivity index (χ1n) is 5.92. The topological polar surface area (TPSA) is 25.2 Å². The molecule has 0 radical (unpaired) electrons. The van der Waals surface area contributed by atoms with E-state index in [0.29, 0.717) is 5.56 Å². The van der Waals surface area contributed by atoms with Crippen LogP contribution in [0.25, 0.3) is 0 Å². The summed E-state index contributed by atoms with van der Waals surface area (Å²) in [6.45, 7) is 2.91. The van der Waals surface area contributed by atoms with Crippen LogP contribution in [-0.2, 0) is 0 Å². The Hall–Kier alpha value is -1.13. The van der Waals surface area contributed by atoms with Crippen LogP contribution in [0.1, 0.15) is 30.5 Å². The molecule has 2 nitrogen and oxygen atoms in total. The minimum atomic E-state index is -0.223. The molecule has 0 aliphatic rings. The van der Waals surface area contributed by atoms with Gasteiger partial charge in [0, 0.05) is 15.6 Å². The van der Waals surface area contributed by atoms with E-state index in [1.807, 2.05) is 12.1 Å². The predicted molar refractivity (Wildman–Crippen MR) is 72.9 cm³/mol. The highest BCUT2D eigenvalue weighted by Crippen LogP contribution is 2.26. The molecule has 1 atom stereocenters. The van der Waals surface area contributed by atoms with E-state index in [1.54, 1.807) is 18.6 Å². The zero-order valence-corrected chi connectivity index (χ0v) is 11.7. The van der Waals surface area contributed by atoms with Crippen molar-refractivity contribution in [3.8, 4) is 0 Å². The lowest BCUT2D eigenvalue weighted by Crippen LogP contribution is -2.23. The molecule has 1 aromatic heterocycles. The molecule has 1 heterocycles. The van der Waals surface area contributed by atoms with Gasteiger partial charge in [-0.15, -0.1) is 0 Å². The van der Waals surface area contributed by atoms with E-state index in [-0.39, 0.29) is 11.9 Å². The van der Waals surface area contributed by atoms with Crippen molar-refractivity contribution in [2.45, 2.75) is 19.4 Å². The molecule has 0 aliphatic carbocycles. The fraction of sp³-hybridized carbons (Fsp3) is 0.286. The molecule has 0 bridgehead atoms. The van der Waals surface area contributed by atoms with E-state index in [0.717, 1.165) is 23.0 Å². The summed E-state index contributed by atoms with van der Waals surface area (Å²) in [6, 6.07) is 6.81. The maximum absolute atomic E-state index is 14.0. The maximum Gasteiger partial charge on any atom is 0.129 e. The Morgan fingerprint density at radius 2 is 2.22 bits per heavy atom. The summed E-state index contributed by atoms with van der Waals surface area (Å²) in [6.07, 6.45) is 4.24. The number of nitrogens with one attached hydrogen (secondary N) is 1. The number of rotatable bonds is 5. The number of hydrogen-bond donors (Lipinski definition) is 1. The minimum Gasteiger partial charge on any atom is -0.472 e. The third-order valence-electron chi connectivity index (χ3n) is 2.75. The zero-order chi connectivity index (χ0) is 13.0. The van der Waals surface area contributed by atoms with Crippen LogP contribution in [0.15, 0.2) is 45.7 Å². The lowest BCUT2D eigenvalue weighted by molar-refractivity contribution is 0.530. The van der Waals surface area contributed by atoms with Gasteiger partial charge in [0.2, 0.25) is 0 Å². The summed E-state index contributed by atoms with van der Waals surface area (Å²) in [7, 11) is 0. The van der Waals surface area contributed by atoms with Crippen LogP contribution in [-0.4, -0.2) is 6.54 Å². The van der Waals surface area contributed by atoms with Crippen LogP contribution in [0.4, 0.5) is 4.39 Å². The molecule has 0 spiro atoms. The van der Waals surface area contributed by atoms with E-state index >= 15 is 0 Å². The SMILES string of the molecule is CCCNC(c1ccoc1)c1ccc(Br)cc1F. The smallest absolute Gasteiger partial charge is 0.129 e. The van der Waals surface area contributed by atoms with Gasteiger partial charge in [-0.2, -0.15) is 0 Å². The third-order valence-corrected chi connectivity index (χ3v) is 3.24. The monoisotopic (exact) mass is 311 g/mol. The van der Waals surface area contributed by atoms with Crippen LogP contribution in [0.3, 0.4) is 0 Å². The van der Waals surface area contributed by atoms with Gasteiger partial charge in [-0.25, -0.2) is 4.39 Å². The standard InChI is InChI=1S/C14H15BrFNO/c1-2-6-17-14(10-5-7-18-9-10)12-4-3-11(15)8-13(12)16/h3-5,7-9,14,17H,2,6H2,1H3. The molecule has 1 unspecified atom stereocenters. The van der Waals surface area contributed by atoms with Gasteiger partial charge in [-0.3, -0.25) is 0 Å². The van der Waals surface area contributed by atoms with E-state index in [1.165, 1.54) is 6.07 Å². The van der Waals surface area contributed by atoms with E-state index < -0.39 is 0 Å². The van der Waals surface area contributed by atoms with Crippen LogP contribution < -0.4 is 5.32 Å². The van der Waals surface area contributed by atoms with Crippen molar-refractivity contribution >= 4 is 15.9 Å². The summed E-state index contributed by atoms with van der Waals surface area (Å²) in [5.41, 5.74) is 1.57. The zero-order valence-electron chi connectivity index (χ0n) is 10.1. The number of benzene rings is 1. The fourth-order valence-corrected chi connectivity index (χ4v) is 2.20. The second kappa shape index (κ2) is 6.16. The van der Waals surface area contributed by atoms with Gasteiger partial charge in [0.05, 0.1) is 18.6 Å². The highest BCUT2D eigenvalue weighted by atomic mass is 79.9. The average molecular weight is 312 g/mol. The molecule has 4 heteroatoms. The molecule has 1 N–H and O–H groups in total. The molecule has 96 valence electrons. The molecule has 0 fully saturated rings. The van der Waals surface area contributed by atoms with Crippen LogP contribution >= 0.6 is 15.9 Å². The van der Waals surface area contributed by atoms with Crippen LogP contribution in [0.5, 0.6) is 0 Å². The van der Waals surface area contributed by atoms with Crippen molar-refractivity contribution < 1.29 is 8.81 Å². The predicted octanol–water partition coefficient (Wildman–Crippen LogP) is 4.27. The van der Waals surface area contributed by atoms with Crippen molar-refractivity contribution in [1.29, 1.82) is 0 Å². The van der Waals surface area contributed by atoms with Gasteiger partial charge < -0.3 is 9.73 Å². The lowest BCUT2D eigenvalue weighted by Gasteiger charge is -2.18. The van der Waals surface area contributed by atoms with Crippen molar-refractivity contribution in [2.75, 3.05) is 6.54 Å². The van der Waals surface area contributed by atoms with Crippen molar-refractivity contribution in [2.24, 2.45) is 0 Å². The first kappa shape index (κ1) is 13.3. The average Bonchev–Trinajstić information content (AvgIpc) is 2.85. The Bertz CT molecular complexity index is 499. The quantitative estimate of drug-likeness (QED) is 0.892. The molecule has 0 aliphatic heterocycles. The van der Waals surface area contributed by atoms with E-state index in [4.69, 9.17) is 4.42 Å². The van der Waals surface area contributed by atoms with Gasteiger partial charge >= 0.3 is 0 Å². The Balaban J connectivity index is 2.33. The lowest BCUT2D eigenvalue weighted by atomic mass is 10.0. The highest BCUT2D eigenvalue weighted by Gasteiger charge is 2.18. The summed E-state index contributed by atoms with van der Waals surface area (Å²) < 4.78 is 19.8. The number of hydrogen-bond acceptors (Lipinski definition) is 2. The summed E-state index contributed by atoms with van der Waals surface area (Å²) in [5, 5.41) is 3.33. The van der Waals surface area contributed by atoms with Crippen LogP contribution in [0, 0.1) is 5.82 Å². The highest BCUT2D eigenvalue weighted by molar-refractivity contribution is 9.10. The third kappa shape index (κ3) is 3.00. The van der Waals surface area contributed by atoms with Gasteiger partial charge in [-0.05, 0) is 31.2 Å². The molecule has 0 amide bonds. The first-order valence-corrected chi connectivity index (χ1v) is 6.72. The van der Waals surface area contributed by atoms with Crippen molar-refractivity contribution in [3.63, 3.8) is 0 Å². The molecule has 1 aromatic carbocycles. The van der Waals surface area contributed by atoms with Gasteiger partial charge in [0.1, 0.15) is 5.82 Å². The molecular formula is C14H15BrFNO. The van der Waals surface area contributed by atoms with Gasteiger partial charge in [0.15, 0.2) is 0 Å². The molecule has 2 rings (SSSR count). The number of halogens is 2. The summed E-state index contributed by atoms with van der Waals surface area (Å²) >= 11 is 3.27. The normalized spacial score (nSPS) is 12.6. The Kier molecular flexibility index (Phi) is 4.55. The first-order chi connectivity index (χ1) is 8.72. The molecule has 0 saturated carbocycles. The van der Waals surface area contributed by atoms with Crippen molar-refractivity contribution in [3.05, 3.63) is 58.2 Å². The molecule has 2 aromatic rings. The maximum atomic E-state index is 14.0. The Morgan fingerprint density at radius 3 is 2.83 bits per heavy atom. The van der Waals surface area contributed by atoms with Gasteiger partial charge in [0.25, 0.3) is 0 Å². The minimum absolute atomic E-state index is 0.170.